The smallest absolute Gasteiger partial charge is 0.130 e. The van der Waals surface area contributed by atoms with E-state index in [-0.39, 0.29) is 20.1 Å². The molecule has 0 spiro atoms. The molecule has 7 aromatic rings. The minimum absolute atomic E-state index is 0. The van der Waals surface area contributed by atoms with Crippen molar-refractivity contribution in [3.8, 4) is 22.5 Å². The van der Waals surface area contributed by atoms with Crippen LogP contribution < -0.4 is 0 Å². The molecule has 181 valence electrons. The average Bonchev–Trinajstić information content (AvgIpc) is 3.34. The molecular weight excluding hydrogens is 635 g/mol. The molecule has 0 fully saturated rings. The first-order valence-electron chi connectivity index (χ1n) is 11.7. The van der Waals surface area contributed by atoms with Gasteiger partial charge >= 0.3 is 0 Å². The second kappa shape index (κ2) is 10.8. The molecule has 7 rings (SSSR count). The fraction of sp³-hybridized carbons (Fsp3) is 0.0312. The molecule has 37 heavy (non-hydrogen) atoms. The number of fused-ring (bicyclic) bond motifs is 5. The summed E-state index contributed by atoms with van der Waals surface area (Å²) >= 11 is 0. The van der Waals surface area contributed by atoms with Crippen LogP contribution in [0.1, 0.15) is 5.69 Å². The van der Waals surface area contributed by atoms with Crippen LogP contribution in [0, 0.1) is 19.1 Å². The van der Waals surface area contributed by atoms with Crippen molar-refractivity contribution in [1.82, 2.24) is 15.0 Å². The maximum absolute atomic E-state index is 6.32. The van der Waals surface area contributed by atoms with Crippen molar-refractivity contribution in [1.29, 1.82) is 0 Å². The van der Waals surface area contributed by atoms with Gasteiger partial charge in [0.15, 0.2) is 0 Å². The number of aromatic nitrogens is 3. The molecule has 4 aromatic heterocycles. The number of aryl methyl sites for hydroxylation is 1. The molecule has 0 bridgehead atoms. The van der Waals surface area contributed by atoms with Gasteiger partial charge < -0.3 is 14.4 Å². The molecule has 3 aromatic carbocycles. The van der Waals surface area contributed by atoms with Crippen molar-refractivity contribution < 1.29 is 24.5 Å². The molecule has 0 saturated heterocycles. The van der Waals surface area contributed by atoms with Gasteiger partial charge in [-0.25, -0.2) is 0 Å². The molecule has 1 radical (unpaired) electrons. The second-order valence-corrected chi connectivity index (χ2v) is 8.34. The molecule has 4 nitrogen and oxygen atoms in total. The van der Waals surface area contributed by atoms with Gasteiger partial charge in [0.2, 0.25) is 0 Å². The van der Waals surface area contributed by atoms with Crippen LogP contribution in [0.2, 0.25) is 0 Å². The summed E-state index contributed by atoms with van der Waals surface area (Å²) in [6, 6.07) is 36.2. The van der Waals surface area contributed by atoms with Gasteiger partial charge in [-0.1, -0.05) is 47.3 Å². The maximum Gasteiger partial charge on any atom is 0.130 e. The first-order valence-corrected chi connectivity index (χ1v) is 11.7. The Morgan fingerprint density at radius 3 is 2.11 bits per heavy atom. The van der Waals surface area contributed by atoms with E-state index in [1.54, 1.807) is 12.4 Å². The topological polar surface area (TPSA) is 51.8 Å². The summed E-state index contributed by atoms with van der Waals surface area (Å²) in [5, 5.41) is 4.38. The molecule has 5 heteroatoms. The number of hydrogen-bond donors (Lipinski definition) is 0. The van der Waals surface area contributed by atoms with E-state index in [4.69, 9.17) is 4.42 Å². The van der Waals surface area contributed by atoms with Crippen LogP contribution in [0.4, 0.5) is 0 Å². The Morgan fingerprint density at radius 1 is 0.622 bits per heavy atom. The monoisotopic (exact) mass is 656 g/mol. The Hall–Kier alpha value is -4.18. The number of benzene rings is 3. The third-order valence-corrected chi connectivity index (χ3v) is 6.09. The molecule has 0 amide bonds. The number of furan rings is 1. The van der Waals surface area contributed by atoms with Gasteiger partial charge in [0.1, 0.15) is 5.58 Å². The van der Waals surface area contributed by atoms with Crippen LogP contribution in [0.15, 0.2) is 114 Å². The van der Waals surface area contributed by atoms with E-state index in [1.807, 2.05) is 92.0 Å². The van der Waals surface area contributed by atoms with Crippen molar-refractivity contribution in [2.24, 2.45) is 0 Å². The predicted molar refractivity (Wildman–Crippen MR) is 144 cm³/mol. The summed E-state index contributed by atoms with van der Waals surface area (Å²) in [7, 11) is 0. The normalized spacial score (nSPS) is 10.6. The third-order valence-electron chi connectivity index (χ3n) is 6.09. The zero-order valence-electron chi connectivity index (χ0n) is 20.0. The zero-order chi connectivity index (χ0) is 24.3. The predicted octanol–water partition coefficient (Wildman–Crippen LogP) is 7.85. The maximum atomic E-state index is 6.32. The molecule has 4 heterocycles. The van der Waals surface area contributed by atoms with Crippen molar-refractivity contribution in [3.05, 3.63) is 127 Å². The summed E-state index contributed by atoms with van der Waals surface area (Å²) in [4.78, 5) is 13.1. The fourth-order valence-electron chi connectivity index (χ4n) is 4.40. The molecule has 0 atom stereocenters. The number of hydrogen-bond acceptors (Lipinski definition) is 4. The van der Waals surface area contributed by atoms with Gasteiger partial charge in [-0.2, -0.15) is 0 Å². The quantitative estimate of drug-likeness (QED) is 0.178. The SMILES string of the molecule is Cc1nccc2ccc3c4cc[c-]c(-c5ccccn5)c4oc3c12.[Ir].[c-]1ccccc1-c1ccccn1. The summed E-state index contributed by atoms with van der Waals surface area (Å²) < 4.78 is 6.32. The van der Waals surface area contributed by atoms with E-state index in [0.717, 1.165) is 60.9 Å². The van der Waals surface area contributed by atoms with Gasteiger partial charge in [-0.15, -0.1) is 54.1 Å². The zero-order valence-corrected chi connectivity index (χ0v) is 22.4. The van der Waals surface area contributed by atoms with Gasteiger partial charge in [0, 0.05) is 55.2 Å². The van der Waals surface area contributed by atoms with Crippen molar-refractivity contribution in [2.75, 3.05) is 0 Å². The van der Waals surface area contributed by atoms with E-state index in [0.29, 0.717) is 0 Å². The van der Waals surface area contributed by atoms with Crippen LogP contribution in [0.3, 0.4) is 0 Å². The third kappa shape index (κ3) is 4.79. The van der Waals surface area contributed by atoms with E-state index in [2.05, 4.69) is 39.2 Å². The summed E-state index contributed by atoms with van der Waals surface area (Å²) in [5.41, 5.74) is 6.43. The fourth-order valence-corrected chi connectivity index (χ4v) is 4.40. The Kier molecular flexibility index (Phi) is 7.18. The van der Waals surface area contributed by atoms with Crippen LogP contribution in [-0.2, 0) is 20.1 Å². The van der Waals surface area contributed by atoms with Crippen LogP contribution in [-0.4, -0.2) is 15.0 Å². The standard InChI is InChI=1S/C21H13N2O.C11H8N.Ir/c1-13-19-14(10-12-22-13)8-9-16-15-5-4-6-17(20(15)24-21(16)19)18-7-2-3-11-23-18;1-2-6-10(7-3-1)11-8-4-5-9-12-11;/h2-5,7-12H,1H3;1-6,8-9H;/q2*-1;. The summed E-state index contributed by atoms with van der Waals surface area (Å²) in [6.07, 6.45) is 5.41. The number of rotatable bonds is 2. The molecule has 0 N–H and O–H groups in total. The van der Waals surface area contributed by atoms with Gasteiger partial charge in [-0.3, -0.25) is 4.98 Å². The number of nitrogens with zero attached hydrogens (tertiary/aromatic N) is 3. The second-order valence-electron chi connectivity index (χ2n) is 8.34. The Morgan fingerprint density at radius 2 is 1.38 bits per heavy atom. The minimum Gasteiger partial charge on any atom is -0.500 e. The molecule has 0 aliphatic rings. The van der Waals surface area contributed by atoms with Gasteiger partial charge in [0.05, 0.1) is 5.58 Å². The van der Waals surface area contributed by atoms with E-state index in [1.165, 1.54) is 0 Å². The van der Waals surface area contributed by atoms with Crippen molar-refractivity contribution in [2.45, 2.75) is 6.92 Å². The molecule has 0 saturated carbocycles. The minimum atomic E-state index is 0. The van der Waals surface area contributed by atoms with E-state index in [9.17, 15) is 0 Å². The molecule has 0 unspecified atom stereocenters. The molecular formula is C32H21IrN3O-2. The van der Waals surface area contributed by atoms with Crippen LogP contribution >= 0.6 is 0 Å². The Balaban J connectivity index is 0.000000183. The Bertz CT molecular complexity index is 1750. The van der Waals surface area contributed by atoms with Gasteiger partial charge in [0.25, 0.3) is 0 Å². The van der Waals surface area contributed by atoms with Gasteiger partial charge in [-0.05, 0) is 41.9 Å². The van der Waals surface area contributed by atoms with E-state index < -0.39 is 0 Å². The summed E-state index contributed by atoms with van der Waals surface area (Å²) in [6.45, 7) is 2.01. The largest absolute Gasteiger partial charge is 0.500 e. The van der Waals surface area contributed by atoms with Crippen molar-refractivity contribution >= 4 is 32.7 Å². The molecule has 0 aliphatic carbocycles. The average molecular weight is 656 g/mol. The molecule has 0 aliphatic heterocycles. The van der Waals surface area contributed by atoms with Crippen LogP contribution in [0.5, 0.6) is 0 Å². The Labute approximate surface area is 228 Å². The van der Waals surface area contributed by atoms with E-state index >= 15 is 0 Å². The first-order chi connectivity index (χ1) is 17.8. The first kappa shape index (κ1) is 24.5. The van der Waals surface area contributed by atoms with Crippen molar-refractivity contribution in [3.63, 3.8) is 0 Å². The number of pyridine rings is 3. The summed E-state index contributed by atoms with van der Waals surface area (Å²) in [5.74, 6) is 0. The van der Waals surface area contributed by atoms with Crippen LogP contribution in [0.25, 0.3) is 55.2 Å².